The third-order valence-electron chi connectivity index (χ3n) is 5.61. The van der Waals surface area contributed by atoms with Gasteiger partial charge in [0.1, 0.15) is 0 Å². The van der Waals surface area contributed by atoms with E-state index < -0.39 is 0 Å². The summed E-state index contributed by atoms with van der Waals surface area (Å²) in [6.07, 6.45) is 2.47. The van der Waals surface area contributed by atoms with Gasteiger partial charge in [0.2, 0.25) is 0 Å². The Bertz CT molecular complexity index is 374. The van der Waals surface area contributed by atoms with Crippen LogP contribution in [-0.2, 0) is 14.3 Å². The lowest BCUT2D eigenvalue weighted by atomic mass is 9.67. The predicted molar refractivity (Wildman–Crippen MR) is 61.8 cm³/mol. The zero-order chi connectivity index (χ0) is 12.3. The molecule has 3 rings (SSSR count). The minimum atomic E-state index is -0.317. The van der Waals surface area contributed by atoms with Crippen molar-refractivity contribution in [2.24, 2.45) is 41.4 Å². The molecule has 0 N–H and O–H groups in total. The lowest BCUT2D eigenvalue weighted by Gasteiger charge is -2.35. The van der Waals surface area contributed by atoms with E-state index in [9.17, 15) is 9.59 Å². The van der Waals surface area contributed by atoms with E-state index in [-0.39, 0.29) is 23.8 Å². The number of fused-ring (bicyclic) bond motifs is 2. The van der Waals surface area contributed by atoms with Crippen LogP contribution in [0.2, 0.25) is 0 Å². The topological polar surface area (TPSA) is 43.4 Å². The molecule has 1 heterocycles. The van der Waals surface area contributed by atoms with Gasteiger partial charge in [-0.25, -0.2) is 0 Å². The molecule has 17 heavy (non-hydrogen) atoms. The zero-order valence-electron chi connectivity index (χ0n) is 10.7. The van der Waals surface area contributed by atoms with E-state index >= 15 is 0 Å². The first-order valence-electron chi connectivity index (χ1n) is 6.76. The van der Waals surface area contributed by atoms with Crippen molar-refractivity contribution in [3.8, 4) is 0 Å². The minimum absolute atomic E-state index is 0.167. The Balaban J connectivity index is 1.87. The van der Waals surface area contributed by atoms with Gasteiger partial charge in [0.15, 0.2) is 0 Å². The highest BCUT2D eigenvalue weighted by Crippen LogP contribution is 2.58. The first-order chi connectivity index (χ1) is 8.00. The molecule has 7 unspecified atom stereocenters. The Labute approximate surface area is 102 Å². The maximum Gasteiger partial charge on any atom is 0.317 e. The molecule has 2 aliphatic carbocycles. The fraction of sp³-hybridized carbons (Fsp3) is 0.857. The second-order valence-electron chi connectivity index (χ2n) is 6.36. The molecule has 0 spiro atoms. The Morgan fingerprint density at radius 1 is 1.06 bits per heavy atom. The van der Waals surface area contributed by atoms with Crippen LogP contribution in [-0.4, -0.2) is 11.9 Å². The summed E-state index contributed by atoms with van der Waals surface area (Å²) >= 11 is 0. The first-order valence-corrected chi connectivity index (χ1v) is 6.76. The van der Waals surface area contributed by atoms with Crippen LogP contribution in [0.3, 0.4) is 0 Å². The second-order valence-corrected chi connectivity index (χ2v) is 6.36. The van der Waals surface area contributed by atoms with Gasteiger partial charge in [-0.3, -0.25) is 9.59 Å². The average molecular weight is 236 g/mol. The molecular weight excluding hydrogens is 216 g/mol. The van der Waals surface area contributed by atoms with Crippen LogP contribution >= 0.6 is 0 Å². The summed E-state index contributed by atoms with van der Waals surface area (Å²) in [5.41, 5.74) is 0. The minimum Gasteiger partial charge on any atom is -0.393 e. The van der Waals surface area contributed by atoms with Crippen molar-refractivity contribution in [2.45, 2.75) is 33.6 Å². The molecular formula is C14H20O3. The van der Waals surface area contributed by atoms with Crippen LogP contribution in [0.25, 0.3) is 0 Å². The van der Waals surface area contributed by atoms with Crippen LogP contribution in [0.4, 0.5) is 0 Å². The average Bonchev–Trinajstić information content (AvgIpc) is 2.83. The molecule has 0 aromatic rings. The quantitative estimate of drug-likeness (QED) is 0.518. The van der Waals surface area contributed by atoms with Gasteiger partial charge in [0, 0.05) is 0 Å². The number of carbonyl (C=O) groups excluding carboxylic acids is 2. The van der Waals surface area contributed by atoms with E-state index in [4.69, 9.17) is 4.74 Å². The molecule has 1 saturated heterocycles. The van der Waals surface area contributed by atoms with Gasteiger partial charge in [-0.1, -0.05) is 20.8 Å². The van der Waals surface area contributed by atoms with Crippen molar-refractivity contribution in [3.63, 3.8) is 0 Å². The maximum atomic E-state index is 11.8. The summed E-state index contributed by atoms with van der Waals surface area (Å²) in [7, 11) is 0. The Morgan fingerprint density at radius 2 is 1.76 bits per heavy atom. The van der Waals surface area contributed by atoms with Crippen molar-refractivity contribution in [3.05, 3.63) is 0 Å². The molecule has 2 bridgehead atoms. The number of carbonyl (C=O) groups is 2. The molecule has 3 fully saturated rings. The van der Waals surface area contributed by atoms with Crippen LogP contribution < -0.4 is 0 Å². The molecule has 3 heteroatoms. The highest BCUT2D eigenvalue weighted by molar-refractivity contribution is 5.96. The normalized spacial score (nSPS) is 53.2. The number of ether oxygens (including phenoxy) is 1. The summed E-state index contributed by atoms with van der Waals surface area (Å²) in [6, 6.07) is 0. The smallest absolute Gasteiger partial charge is 0.317 e. The van der Waals surface area contributed by atoms with Gasteiger partial charge in [-0.05, 0) is 42.4 Å². The Hall–Kier alpha value is -0.860. The number of hydrogen-bond donors (Lipinski definition) is 0. The van der Waals surface area contributed by atoms with E-state index in [1.54, 1.807) is 0 Å². The van der Waals surface area contributed by atoms with Crippen molar-refractivity contribution >= 4 is 11.9 Å². The van der Waals surface area contributed by atoms with Crippen LogP contribution in [0.1, 0.15) is 33.6 Å². The lowest BCUT2D eigenvalue weighted by molar-refractivity contribution is -0.154. The molecule has 0 amide bonds. The fourth-order valence-corrected chi connectivity index (χ4v) is 4.81. The third-order valence-corrected chi connectivity index (χ3v) is 5.61. The predicted octanol–water partition coefficient (Wildman–Crippen LogP) is 2.25. The summed E-state index contributed by atoms with van der Waals surface area (Å²) in [5, 5.41) is 0. The van der Waals surface area contributed by atoms with Gasteiger partial charge in [-0.2, -0.15) is 0 Å². The van der Waals surface area contributed by atoms with Crippen molar-refractivity contribution in [1.82, 2.24) is 0 Å². The van der Waals surface area contributed by atoms with Gasteiger partial charge < -0.3 is 4.74 Å². The SMILES string of the molecule is CC1CC2CC1C(C)C2C1C(=O)OC(=O)C1C. The first kappa shape index (κ1) is 11.2. The molecule has 0 aromatic carbocycles. The lowest BCUT2D eigenvalue weighted by Crippen LogP contribution is -2.35. The molecule has 3 nitrogen and oxygen atoms in total. The summed E-state index contributed by atoms with van der Waals surface area (Å²) < 4.78 is 4.80. The largest absolute Gasteiger partial charge is 0.393 e. The number of hydrogen-bond acceptors (Lipinski definition) is 3. The van der Waals surface area contributed by atoms with E-state index in [1.165, 1.54) is 12.8 Å². The van der Waals surface area contributed by atoms with E-state index in [1.807, 2.05) is 6.92 Å². The van der Waals surface area contributed by atoms with Gasteiger partial charge in [-0.15, -0.1) is 0 Å². The number of rotatable bonds is 1. The van der Waals surface area contributed by atoms with E-state index in [0.717, 1.165) is 11.8 Å². The monoisotopic (exact) mass is 236 g/mol. The molecule has 3 aliphatic rings. The molecule has 0 radical (unpaired) electrons. The van der Waals surface area contributed by atoms with Crippen molar-refractivity contribution < 1.29 is 14.3 Å². The molecule has 1 aliphatic heterocycles. The summed E-state index contributed by atoms with van der Waals surface area (Å²) in [6.45, 7) is 6.42. The van der Waals surface area contributed by atoms with Gasteiger partial charge in [0.25, 0.3) is 0 Å². The van der Waals surface area contributed by atoms with Gasteiger partial charge >= 0.3 is 11.9 Å². The van der Waals surface area contributed by atoms with E-state index in [2.05, 4.69) is 13.8 Å². The van der Waals surface area contributed by atoms with Crippen molar-refractivity contribution in [1.29, 1.82) is 0 Å². The highest BCUT2D eigenvalue weighted by Gasteiger charge is 2.57. The Morgan fingerprint density at radius 3 is 2.24 bits per heavy atom. The summed E-state index contributed by atoms with van der Waals surface area (Å²) in [5.74, 6) is 2.14. The van der Waals surface area contributed by atoms with Crippen LogP contribution in [0.5, 0.6) is 0 Å². The van der Waals surface area contributed by atoms with Crippen LogP contribution in [0.15, 0.2) is 0 Å². The second kappa shape index (κ2) is 3.56. The van der Waals surface area contributed by atoms with E-state index in [0.29, 0.717) is 17.8 Å². The van der Waals surface area contributed by atoms with Crippen molar-refractivity contribution in [2.75, 3.05) is 0 Å². The highest BCUT2D eigenvalue weighted by atomic mass is 16.6. The van der Waals surface area contributed by atoms with Gasteiger partial charge in [0.05, 0.1) is 11.8 Å². The zero-order valence-corrected chi connectivity index (χ0v) is 10.7. The maximum absolute atomic E-state index is 11.8. The van der Waals surface area contributed by atoms with Crippen LogP contribution in [0, 0.1) is 41.4 Å². The Kier molecular flexibility index (Phi) is 2.36. The standard InChI is InChI=1S/C14H20O3/c1-6-4-9-5-10(6)7(2)11(9)12-8(3)13(15)17-14(12)16/h6-12H,4-5H2,1-3H3. The fourth-order valence-electron chi connectivity index (χ4n) is 4.81. The third kappa shape index (κ3) is 1.40. The molecule has 7 atom stereocenters. The molecule has 94 valence electrons. The summed E-state index contributed by atoms with van der Waals surface area (Å²) in [4.78, 5) is 23.3. The number of esters is 2. The molecule has 2 saturated carbocycles. The molecule has 0 aromatic heterocycles. The number of cyclic esters (lactones) is 2.